The Labute approximate surface area is 121 Å². The van der Waals surface area contributed by atoms with E-state index in [4.69, 9.17) is 4.43 Å². The number of aliphatic imine (C=N–C) groups is 1. The average molecular weight is 287 g/mol. The van der Waals surface area contributed by atoms with Crippen LogP contribution in [0, 0.1) is 6.92 Å². The van der Waals surface area contributed by atoms with Crippen molar-refractivity contribution in [1.82, 2.24) is 9.78 Å². The Bertz CT molecular complexity index is 626. The van der Waals surface area contributed by atoms with Gasteiger partial charge in [0.1, 0.15) is 11.4 Å². The third kappa shape index (κ3) is 3.80. The molecule has 0 unspecified atom stereocenters. The van der Waals surface area contributed by atoms with E-state index in [1.54, 1.807) is 10.9 Å². The van der Waals surface area contributed by atoms with Crippen molar-refractivity contribution < 1.29 is 4.43 Å². The molecule has 106 valence electrons. The smallest absolute Gasteiger partial charge is 0.242 e. The molecule has 0 saturated carbocycles. The van der Waals surface area contributed by atoms with Gasteiger partial charge in [-0.25, -0.2) is 0 Å². The molecule has 1 heterocycles. The van der Waals surface area contributed by atoms with E-state index in [9.17, 15) is 0 Å². The number of aromatic nitrogens is 2. The normalized spacial score (nSPS) is 12.1. The zero-order chi connectivity index (χ0) is 14.8. The SMILES string of the molecule is Cc1cccc(N=Cc2cnn(C)c2)c1O[Si](C)(C)C. The maximum absolute atomic E-state index is 6.16. The molecule has 20 heavy (non-hydrogen) atoms. The summed E-state index contributed by atoms with van der Waals surface area (Å²) < 4.78 is 7.92. The Hall–Kier alpha value is -1.88. The Morgan fingerprint density at radius 3 is 2.65 bits per heavy atom. The molecule has 0 aliphatic carbocycles. The van der Waals surface area contributed by atoms with Crippen molar-refractivity contribution >= 4 is 20.2 Å². The molecule has 0 saturated heterocycles. The molecule has 2 aromatic rings. The summed E-state index contributed by atoms with van der Waals surface area (Å²) in [6, 6.07) is 6.04. The number of aryl methyl sites for hydroxylation is 2. The lowest BCUT2D eigenvalue weighted by molar-refractivity contribution is 0.554. The highest BCUT2D eigenvalue weighted by atomic mass is 28.4. The molecule has 0 radical (unpaired) electrons. The Morgan fingerprint density at radius 1 is 1.30 bits per heavy atom. The molecule has 0 N–H and O–H groups in total. The zero-order valence-corrected chi connectivity index (χ0v) is 13.7. The van der Waals surface area contributed by atoms with Gasteiger partial charge in [-0.15, -0.1) is 0 Å². The molecule has 0 aliphatic rings. The van der Waals surface area contributed by atoms with Gasteiger partial charge in [-0.1, -0.05) is 12.1 Å². The van der Waals surface area contributed by atoms with Gasteiger partial charge in [-0.2, -0.15) is 5.10 Å². The van der Waals surface area contributed by atoms with E-state index in [-0.39, 0.29) is 0 Å². The first-order chi connectivity index (χ1) is 9.35. The summed E-state index contributed by atoms with van der Waals surface area (Å²) in [5.41, 5.74) is 2.97. The summed E-state index contributed by atoms with van der Waals surface area (Å²) in [6.45, 7) is 8.58. The highest BCUT2D eigenvalue weighted by molar-refractivity contribution is 6.70. The van der Waals surface area contributed by atoms with Crippen LogP contribution in [-0.2, 0) is 7.05 Å². The molecule has 1 aromatic carbocycles. The lowest BCUT2D eigenvalue weighted by Gasteiger charge is -2.22. The standard InChI is InChI=1S/C15H21N3OSi/c1-12-7-6-8-14(15(12)19-20(3,4)5)16-9-13-10-17-18(2)11-13/h6-11H,1-5H3. The van der Waals surface area contributed by atoms with Crippen LogP contribution in [0.25, 0.3) is 0 Å². The summed E-state index contributed by atoms with van der Waals surface area (Å²) >= 11 is 0. The van der Waals surface area contributed by atoms with Gasteiger partial charge in [-0.05, 0) is 38.2 Å². The molecule has 0 amide bonds. The van der Waals surface area contributed by atoms with Crippen LogP contribution in [0.1, 0.15) is 11.1 Å². The van der Waals surface area contributed by atoms with E-state index < -0.39 is 8.32 Å². The third-order valence-electron chi connectivity index (χ3n) is 2.68. The van der Waals surface area contributed by atoms with E-state index in [0.29, 0.717) is 0 Å². The van der Waals surface area contributed by atoms with Gasteiger partial charge in [0.15, 0.2) is 0 Å². The van der Waals surface area contributed by atoms with Gasteiger partial charge in [0, 0.05) is 25.0 Å². The van der Waals surface area contributed by atoms with Crippen molar-refractivity contribution in [1.29, 1.82) is 0 Å². The number of hydrogen-bond acceptors (Lipinski definition) is 3. The number of hydrogen-bond donors (Lipinski definition) is 0. The van der Waals surface area contributed by atoms with Crippen LogP contribution in [0.5, 0.6) is 5.75 Å². The topological polar surface area (TPSA) is 39.4 Å². The first-order valence-corrected chi connectivity index (χ1v) is 10.1. The quantitative estimate of drug-likeness (QED) is 0.635. The summed E-state index contributed by atoms with van der Waals surface area (Å²) in [5, 5.41) is 4.13. The average Bonchev–Trinajstić information content (AvgIpc) is 2.74. The maximum atomic E-state index is 6.16. The number of rotatable bonds is 4. The van der Waals surface area contributed by atoms with Crippen molar-refractivity contribution in [2.45, 2.75) is 26.6 Å². The fraction of sp³-hybridized carbons (Fsp3) is 0.333. The molecule has 0 aliphatic heterocycles. The minimum absolute atomic E-state index is 0.872. The number of para-hydroxylation sites is 1. The monoisotopic (exact) mass is 287 g/mol. The molecule has 0 bridgehead atoms. The van der Waals surface area contributed by atoms with Gasteiger partial charge in [0.05, 0.1) is 6.20 Å². The second-order valence-electron chi connectivity index (χ2n) is 5.84. The molecular weight excluding hydrogens is 266 g/mol. The van der Waals surface area contributed by atoms with Crippen molar-refractivity contribution in [2.75, 3.05) is 0 Å². The van der Waals surface area contributed by atoms with Crippen LogP contribution < -0.4 is 4.43 Å². The first kappa shape index (κ1) is 14.5. The van der Waals surface area contributed by atoms with Crippen LogP contribution in [0.3, 0.4) is 0 Å². The minimum Gasteiger partial charge on any atom is -0.543 e. The fourth-order valence-corrected chi connectivity index (χ4v) is 2.71. The van der Waals surface area contributed by atoms with Crippen LogP contribution >= 0.6 is 0 Å². The summed E-state index contributed by atoms with van der Waals surface area (Å²) in [7, 11) is 0.237. The second-order valence-corrected chi connectivity index (χ2v) is 10.3. The Morgan fingerprint density at radius 2 is 2.05 bits per heavy atom. The van der Waals surface area contributed by atoms with E-state index in [0.717, 1.165) is 22.6 Å². The highest BCUT2D eigenvalue weighted by Gasteiger charge is 2.19. The maximum Gasteiger partial charge on any atom is 0.242 e. The molecule has 4 nitrogen and oxygen atoms in total. The van der Waals surface area contributed by atoms with Crippen molar-refractivity contribution in [2.24, 2.45) is 12.0 Å². The molecule has 5 heteroatoms. The summed E-state index contributed by atoms with van der Waals surface area (Å²) in [5.74, 6) is 0.895. The van der Waals surface area contributed by atoms with Gasteiger partial charge in [-0.3, -0.25) is 9.67 Å². The van der Waals surface area contributed by atoms with Crippen molar-refractivity contribution in [3.05, 3.63) is 41.7 Å². The largest absolute Gasteiger partial charge is 0.543 e. The third-order valence-corrected chi connectivity index (χ3v) is 3.49. The van der Waals surface area contributed by atoms with Gasteiger partial charge >= 0.3 is 0 Å². The lowest BCUT2D eigenvalue weighted by atomic mass is 10.2. The molecule has 0 spiro atoms. The predicted molar refractivity (Wildman–Crippen MR) is 85.6 cm³/mol. The Kier molecular flexibility index (Phi) is 4.08. The van der Waals surface area contributed by atoms with Gasteiger partial charge < -0.3 is 4.43 Å². The highest BCUT2D eigenvalue weighted by Crippen LogP contribution is 2.33. The van der Waals surface area contributed by atoms with Crippen LogP contribution in [0.4, 0.5) is 5.69 Å². The first-order valence-electron chi connectivity index (χ1n) is 6.66. The predicted octanol–water partition coefficient (Wildman–Crippen LogP) is 3.69. The van der Waals surface area contributed by atoms with Crippen LogP contribution in [0.15, 0.2) is 35.6 Å². The summed E-state index contributed by atoms with van der Waals surface area (Å²) in [4.78, 5) is 4.55. The molecular formula is C15H21N3OSi. The van der Waals surface area contributed by atoms with Gasteiger partial charge in [0.25, 0.3) is 0 Å². The van der Waals surface area contributed by atoms with Crippen molar-refractivity contribution in [3.63, 3.8) is 0 Å². The molecule has 0 atom stereocenters. The van der Waals surface area contributed by atoms with E-state index in [2.05, 4.69) is 42.7 Å². The van der Waals surface area contributed by atoms with Crippen LogP contribution in [-0.4, -0.2) is 24.3 Å². The van der Waals surface area contributed by atoms with Crippen molar-refractivity contribution in [3.8, 4) is 5.75 Å². The van der Waals surface area contributed by atoms with Crippen LogP contribution in [0.2, 0.25) is 19.6 Å². The molecule has 2 rings (SSSR count). The van der Waals surface area contributed by atoms with E-state index in [1.807, 2.05) is 31.6 Å². The number of nitrogens with zero attached hydrogens (tertiary/aromatic N) is 3. The molecule has 1 aromatic heterocycles. The molecule has 0 fully saturated rings. The minimum atomic E-state index is -1.66. The summed E-state index contributed by atoms with van der Waals surface area (Å²) in [6.07, 6.45) is 5.54. The fourth-order valence-electron chi connectivity index (χ4n) is 1.83. The Balaban J connectivity index is 2.31. The van der Waals surface area contributed by atoms with E-state index >= 15 is 0 Å². The number of benzene rings is 1. The second kappa shape index (κ2) is 5.62. The van der Waals surface area contributed by atoms with Gasteiger partial charge in [0.2, 0.25) is 8.32 Å². The zero-order valence-electron chi connectivity index (χ0n) is 12.7. The lowest BCUT2D eigenvalue weighted by Crippen LogP contribution is -2.29. The van der Waals surface area contributed by atoms with E-state index in [1.165, 1.54) is 0 Å².